The Morgan fingerprint density at radius 3 is 0.250 bits per heavy atom. The van der Waals surface area contributed by atoms with Gasteiger partial charge in [0.25, 0.3) is 0 Å². The Hall–Kier alpha value is 4.09. The molecule has 0 aromatic carbocycles. The van der Waals surface area contributed by atoms with Crippen molar-refractivity contribution in [2.45, 2.75) is 0 Å². The zero-order chi connectivity index (χ0) is 0. The third kappa shape index (κ3) is 49.8. The third-order valence-corrected chi connectivity index (χ3v) is 0. The van der Waals surface area contributed by atoms with Crippen molar-refractivity contribution in [3.8, 4) is 0 Å². The van der Waals surface area contributed by atoms with E-state index in [1.807, 2.05) is 0 Å². The fourth-order valence-corrected chi connectivity index (χ4v) is 0. The Labute approximate surface area is 135 Å². The summed E-state index contributed by atoms with van der Waals surface area (Å²) in [5.74, 6) is 0. The van der Waals surface area contributed by atoms with Crippen molar-refractivity contribution < 1.29 is 130 Å². The van der Waals surface area contributed by atoms with Gasteiger partial charge in [-0.15, -0.1) is 0 Å². The summed E-state index contributed by atoms with van der Waals surface area (Å²) in [6.45, 7) is 0. The number of hydrogen-bond donors (Lipinski definition) is 0. The van der Waals surface area contributed by atoms with E-state index in [4.69, 9.17) is 0 Å². The minimum absolute atomic E-state index is 0. The molecule has 0 aliphatic carbocycles. The quantitative estimate of drug-likeness (QED) is 0.542. The van der Waals surface area contributed by atoms with E-state index < -0.39 is 0 Å². The summed E-state index contributed by atoms with van der Waals surface area (Å²) in [5.41, 5.74) is 0. The Balaban J connectivity index is 0. The summed E-state index contributed by atoms with van der Waals surface area (Å²) < 4.78 is 0. The van der Waals surface area contributed by atoms with E-state index in [0.29, 0.717) is 0 Å². The summed E-state index contributed by atoms with van der Waals surface area (Å²) in [7, 11) is 0. The van der Waals surface area contributed by atoms with Crippen LogP contribution in [0, 0.1) is 7.43 Å². The van der Waals surface area contributed by atoms with Crippen molar-refractivity contribution in [1.82, 2.24) is 0 Å². The average molecular weight is 372 g/mol. The summed E-state index contributed by atoms with van der Waals surface area (Å²) in [6, 6.07) is 0. The SMILES string of the molecule is [CH3-].[V].[V].[V].[V].[V].[V].[V]. The van der Waals surface area contributed by atoms with Crippen molar-refractivity contribution in [2.24, 2.45) is 0 Å². The smallest absolute Gasteiger partial charge is 0 e. The minimum Gasteiger partial charge on any atom is -0.358 e. The molecule has 0 atom stereocenters. The first-order valence-electron chi connectivity index (χ1n) is 0. The predicted octanol–water partition coefficient (Wildman–Crippen LogP) is 0.433. The molecule has 7 heteroatoms. The summed E-state index contributed by atoms with van der Waals surface area (Å²) >= 11 is 0. The molecular weight excluding hydrogens is 369 g/mol. The van der Waals surface area contributed by atoms with E-state index in [-0.39, 0.29) is 137 Å². The average Bonchev–Trinajstić information content (AvgIpc) is 0. The van der Waals surface area contributed by atoms with Crippen LogP contribution in [0.1, 0.15) is 0 Å². The first-order chi connectivity index (χ1) is 0. The van der Waals surface area contributed by atoms with Crippen LogP contribution in [0.15, 0.2) is 0 Å². The van der Waals surface area contributed by atoms with Gasteiger partial charge in [-0.05, 0) is 0 Å². The van der Waals surface area contributed by atoms with E-state index in [9.17, 15) is 0 Å². The third-order valence-electron chi connectivity index (χ3n) is 0. The van der Waals surface area contributed by atoms with E-state index in [1.165, 1.54) is 0 Å². The Morgan fingerprint density at radius 2 is 0.250 bits per heavy atom. The topological polar surface area (TPSA) is 0 Å². The second-order valence-electron chi connectivity index (χ2n) is 0. The van der Waals surface area contributed by atoms with E-state index in [2.05, 4.69) is 0 Å². The van der Waals surface area contributed by atoms with Gasteiger partial charge in [-0.3, -0.25) is 0 Å². The van der Waals surface area contributed by atoms with Crippen molar-refractivity contribution in [1.29, 1.82) is 0 Å². The predicted molar refractivity (Wildman–Crippen MR) is 6.41 cm³/mol. The molecule has 0 bridgehead atoms. The molecule has 0 heterocycles. The Bertz CT molecular complexity index is 4.35. The molecule has 7 radical (unpaired) electrons. The van der Waals surface area contributed by atoms with Crippen LogP contribution in [0.5, 0.6) is 0 Å². The summed E-state index contributed by atoms with van der Waals surface area (Å²) in [4.78, 5) is 0. The van der Waals surface area contributed by atoms with Crippen LogP contribution >= 0.6 is 0 Å². The normalized spacial score (nSPS) is 0. The summed E-state index contributed by atoms with van der Waals surface area (Å²) in [5, 5.41) is 0. The molecule has 0 unspecified atom stereocenters. The van der Waals surface area contributed by atoms with Gasteiger partial charge in [-0.1, -0.05) is 0 Å². The van der Waals surface area contributed by atoms with Crippen molar-refractivity contribution >= 4 is 0 Å². The first-order valence-corrected chi connectivity index (χ1v) is 0. The largest absolute Gasteiger partial charge is 0.358 e. The van der Waals surface area contributed by atoms with Gasteiger partial charge in [0.2, 0.25) is 0 Å². The molecule has 43 valence electrons. The molecule has 0 spiro atoms. The Kier molecular flexibility index (Phi) is 750. The van der Waals surface area contributed by atoms with Gasteiger partial charge in [0.1, 0.15) is 0 Å². The van der Waals surface area contributed by atoms with Gasteiger partial charge >= 0.3 is 0 Å². The molecular formula is CH3V7-. The second kappa shape index (κ2) is 67.5. The molecule has 0 saturated heterocycles. The van der Waals surface area contributed by atoms with Gasteiger partial charge in [-0.2, -0.15) is 0 Å². The van der Waals surface area contributed by atoms with E-state index in [1.54, 1.807) is 0 Å². The van der Waals surface area contributed by atoms with Crippen LogP contribution in [-0.2, 0) is 130 Å². The van der Waals surface area contributed by atoms with Crippen LogP contribution in [0.2, 0.25) is 0 Å². The zero-order valence-corrected chi connectivity index (χ0v) is 13.9. The fraction of sp³-hybridized carbons (Fsp3) is 0. The molecule has 0 aliphatic heterocycles. The minimum atomic E-state index is 0. The van der Waals surface area contributed by atoms with Crippen LogP contribution in [0.3, 0.4) is 0 Å². The van der Waals surface area contributed by atoms with Crippen LogP contribution < -0.4 is 0 Å². The van der Waals surface area contributed by atoms with Gasteiger partial charge in [-0.25, -0.2) is 0 Å². The van der Waals surface area contributed by atoms with E-state index in [0.717, 1.165) is 0 Å². The monoisotopic (exact) mass is 372 g/mol. The molecule has 0 saturated carbocycles. The Morgan fingerprint density at radius 1 is 0.250 bits per heavy atom. The van der Waals surface area contributed by atoms with Gasteiger partial charge in [0.05, 0.1) is 0 Å². The van der Waals surface area contributed by atoms with Crippen molar-refractivity contribution in [2.75, 3.05) is 0 Å². The molecule has 0 nitrogen and oxygen atoms in total. The van der Waals surface area contributed by atoms with Crippen LogP contribution in [0.4, 0.5) is 0 Å². The summed E-state index contributed by atoms with van der Waals surface area (Å²) in [6.07, 6.45) is 0. The molecule has 8 heavy (non-hydrogen) atoms. The van der Waals surface area contributed by atoms with Crippen LogP contribution in [0.25, 0.3) is 0 Å². The van der Waals surface area contributed by atoms with Gasteiger partial charge in [0, 0.05) is 130 Å². The maximum absolute atomic E-state index is 0. The molecule has 0 aliphatic rings. The van der Waals surface area contributed by atoms with Crippen molar-refractivity contribution in [3.05, 3.63) is 7.43 Å². The maximum atomic E-state index is 0. The van der Waals surface area contributed by atoms with E-state index >= 15 is 0 Å². The van der Waals surface area contributed by atoms with Crippen molar-refractivity contribution in [3.63, 3.8) is 0 Å². The zero-order valence-electron chi connectivity index (χ0n) is 4.13. The number of rotatable bonds is 0. The second-order valence-corrected chi connectivity index (χ2v) is 0. The first kappa shape index (κ1) is 88.9. The molecule has 0 N–H and O–H groups in total. The van der Waals surface area contributed by atoms with Gasteiger partial charge < -0.3 is 7.43 Å². The van der Waals surface area contributed by atoms with Crippen LogP contribution in [-0.4, -0.2) is 0 Å². The fourth-order valence-electron chi connectivity index (χ4n) is 0. The molecule has 0 amide bonds. The molecule has 0 rings (SSSR count). The molecule has 0 aromatic rings. The molecule has 0 fully saturated rings. The maximum Gasteiger partial charge on any atom is 0 e. The molecule has 0 aromatic heterocycles. The standard InChI is InChI=1S/CH3.7V/h1H3;;;;;;;/q-1;;;;;;;. The van der Waals surface area contributed by atoms with Gasteiger partial charge in [0.15, 0.2) is 0 Å². The number of hydrogen-bond acceptors (Lipinski definition) is 0.